The molecule has 0 atom stereocenters. The highest BCUT2D eigenvalue weighted by atomic mass is 16.5. The molecule has 0 unspecified atom stereocenters. The van der Waals surface area contributed by atoms with Crippen LogP contribution in [0.3, 0.4) is 0 Å². The van der Waals surface area contributed by atoms with Crippen molar-refractivity contribution in [3.8, 4) is 5.75 Å². The van der Waals surface area contributed by atoms with Gasteiger partial charge in [0.25, 0.3) is 0 Å². The Morgan fingerprint density at radius 2 is 1.42 bits per heavy atom. The minimum Gasteiger partial charge on any atom is -0.425 e. The fraction of sp³-hybridized carbons (Fsp3) is 0.800. The van der Waals surface area contributed by atoms with E-state index < -0.39 is 0 Å². The molecule has 0 N–H and O–H groups in total. The Morgan fingerprint density at radius 3 is 2.00 bits per heavy atom. The highest BCUT2D eigenvalue weighted by molar-refractivity contribution is 5.72. The number of rotatable bonds is 13. The summed E-state index contributed by atoms with van der Waals surface area (Å²) < 4.78 is 5.41. The van der Waals surface area contributed by atoms with Gasteiger partial charge in [-0.15, -0.1) is 0 Å². The van der Waals surface area contributed by atoms with Crippen LogP contribution in [0.25, 0.3) is 0 Å². The third-order valence-corrected chi connectivity index (χ3v) is 8.49. The van der Waals surface area contributed by atoms with Gasteiger partial charge in [0, 0.05) is 12.1 Å². The normalized spacial score (nSPS) is 25.6. The van der Waals surface area contributed by atoms with E-state index in [-0.39, 0.29) is 5.97 Å². The lowest BCUT2D eigenvalue weighted by Gasteiger charge is -2.38. The van der Waals surface area contributed by atoms with Crippen molar-refractivity contribution < 1.29 is 9.53 Å². The van der Waals surface area contributed by atoms with Crippen LogP contribution in [-0.2, 0) is 11.2 Å². The number of ether oxygens (including phenoxy) is 1. The molecule has 0 amide bonds. The Hall–Kier alpha value is -1.38. The molecule has 2 saturated carbocycles. The second-order valence-corrected chi connectivity index (χ2v) is 11.0. The first kappa shape index (κ1) is 26.2. The third kappa shape index (κ3) is 9.41. The number of hydrogen-bond acceptors (Lipinski definition) is 3. The van der Waals surface area contributed by atoms with Gasteiger partial charge >= 0.3 is 5.97 Å². The average molecular weight is 456 g/mol. The van der Waals surface area contributed by atoms with Gasteiger partial charge in [-0.25, -0.2) is 0 Å². The monoisotopic (exact) mass is 455 g/mol. The summed E-state index contributed by atoms with van der Waals surface area (Å²) in [6.45, 7) is 4.45. The summed E-state index contributed by atoms with van der Waals surface area (Å²) in [4.78, 5) is 16.4. The lowest BCUT2D eigenvalue weighted by atomic mass is 9.68. The van der Waals surface area contributed by atoms with Gasteiger partial charge in [0.2, 0.25) is 0 Å². The maximum absolute atomic E-state index is 11.9. The summed E-state index contributed by atoms with van der Waals surface area (Å²) in [6.07, 6.45) is 25.1. The van der Waals surface area contributed by atoms with Crippen LogP contribution >= 0.6 is 0 Å². The van der Waals surface area contributed by atoms with E-state index in [1.165, 1.54) is 83.5 Å². The van der Waals surface area contributed by atoms with Crippen LogP contribution in [0.15, 0.2) is 18.3 Å². The Morgan fingerprint density at radius 1 is 0.818 bits per heavy atom. The molecule has 2 fully saturated rings. The van der Waals surface area contributed by atoms with Crippen LogP contribution in [0.4, 0.5) is 0 Å². The predicted octanol–water partition coefficient (Wildman–Crippen LogP) is 8.69. The third-order valence-electron chi connectivity index (χ3n) is 8.49. The number of carbonyl (C=O) groups excluding carboxylic acids is 1. The van der Waals surface area contributed by atoms with Crippen LogP contribution in [0.1, 0.15) is 129 Å². The molecular weight excluding hydrogens is 406 g/mol. The van der Waals surface area contributed by atoms with E-state index in [1.807, 2.05) is 12.1 Å². The minimum atomic E-state index is -0.139. The first-order valence-electron chi connectivity index (χ1n) is 14.3. The zero-order valence-electron chi connectivity index (χ0n) is 21.5. The van der Waals surface area contributed by atoms with Gasteiger partial charge in [-0.2, -0.15) is 0 Å². The van der Waals surface area contributed by atoms with Gasteiger partial charge in [0.15, 0.2) is 0 Å². The van der Waals surface area contributed by atoms with Crippen molar-refractivity contribution >= 4 is 5.97 Å². The number of esters is 1. The van der Waals surface area contributed by atoms with Crippen LogP contribution < -0.4 is 4.74 Å². The van der Waals surface area contributed by atoms with Crippen molar-refractivity contribution in [2.45, 2.75) is 129 Å². The van der Waals surface area contributed by atoms with Crippen molar-refractivity contribution in [1.82, 2.24) is 4.98 Å². The maximum Gasteiger partial charge on any atom is 0.311 e. The van der Waals surface area contributed by atoms with Gasteiger partial charge in [-0.1, -0.05) is 78.1 Å². The molecule has 0 aromatic carbocycles. The molecule has 2 aliphatic rings. The smallest absolute Gasteiger partial charge is 0.311 e. The molecule has 0 aliphatic heterocycles. The van der Waals surface area contributed by atoms with E-state index in [1.54, 1.807) is 6.20 Å². The van der Waals surface area contributed by atoms with Gasteiger partial charge in [-0.05, 0) is 80.8 Å². The number of hydrogen-bond donors (Lipinski definition) is 0. The van der Waals surface area contributed by atoms with Gasteiger partial charge < -0.3 is 4.74 Å². The average Bonchev–Trinajstić information content (AvgIpc) is 2.85. The van der Waals surface area contributed by atoms with E-state index >= 15 is 0 Å². The summed E-state index contributed by atoms with van der Waals surface area (Å²) >= 11 is 0. The Balaban J connectivity index is 1.29. The zero-order chi connectivity index (χ0) is 23.3. The molecule has 33 heavy (non-hydrogen) atoms. The van der Waals surface area contributed by atoms with Gasteiger partial charge in [-0.3, -0.25) is 9.78 Å². The summed E-state index contributed by atoms with van der Waals surface area (Å²) in [6, 6.07) is 3.95. The molecule has 0 spiro atoms. The Kier molecular flexibility index (Phi) is 11.8. The molecule has 1 aromatic heterocycles. The molecule has 0 bridgehead atoms. The highest BCUT2D eigenvalue weighted by Gasteiger charge is 2.30. The van der Waals surface area contributed by atoms with Crippen molar-refractivity contribution in [3.63, 3.8) is 0 Å². The van der Waals surface area contributed by atoms with E-state index in [2.05, 4.69) is 18.8 Å². The first-order valence-corrected chi connectivity index (χ1v) is 14.3. The standard InChI is InChI=1S/C30H49NO2/c1-3-5-7-9-24-11-16-26(17-12-24)27-18-13-25(14-19-27)15-20-28-21-22-29(23-31-28)33-30(32)10-8-6-4-2/h21-27H,3-20H2,1-2H3. The maximum atomic E-state index is 11.9. The van der Waals surface area contributed by atoms with Crippen LogP contribution in [0.5, 0.6) is 5.75 Å². The fourth-order valence-electron chi connectivity index (χ4n) is 6.25. The zero-order valence-corrected chi connectivity index (χ0v) is 21.5. The Bertz CT molecular complexity index is 654. The quantitative estimate of drug-likeness (QED) is 0.220. The summed E-state index contributed by atoms with van der Waals surface area (Å²) in [5.41, 5.74) is 1.13. The van der Waals surface area contributed by atoms with E-state index in [0.29, 0.717) is 12.2 Å². The van der Waals surface area contributed by atoms with Crippen molar-refractivity contribution in [2.24, 2.45) is 23.7 Å². The summed E-state index contributed by atoms with van der Waals surface area (Å²) in [5, 5.41) is 0. The fourth-order valence-corrected chi connectivity index (χ4v) is 6.25. The highest BCUT2D eigenvalue weighted by Crippen LogP contribution is 2.43. The van der Waals surface area contributed by atoms with Gasteiger partial charge in [0.05, 0.1) is 6.20 Å². The lowest BCUT2D eigenvalue weighted by molar-refractivity contribution is -0.134. The molecule has 1 heterocycles. The van der Waals surface area contributed by atoms with Crippen LogP contribution in [-0.4, -0.2) is 11.0 Å². The summed E-state index contributed by atoms with van der Waals surface area (Å²) in [5.74, 6) is 4.37. The van der Waals surface area contributed by atoms with Crippen molar-refractivity contribution in [2.75, 3.05) is 0 Å². The minimum absolute atomic E-state index is 0.139. The number of unbranched alkanes of at least 4 members (excludes halogenated alkanes) is 4. The Labute approximate surface area is 203 Å². The van der Waals surface area contributed by atoms with E-state index in [4.69, 9.17) is 4.74 Å². The number of aryl methyl sites for hydroxylation is 1. The van der Waals surface area contributed by atoms with E-state index in [9.17, 15) is 4.79 Å². The number of aromatic nitrogens is 1. The second-order valence-electron chi connectivity index (χ2n) is 11.0. The van der Waals surface area contributed by atoms with Crippen LogP contribution in [0.2, 0.25) is 0 Å². The number of pyridine rings is 1. The molecule has 3 heteroatoms. The molecule has 1 aromatic rings. The van der Waals surface area contributed by atoms with Crippen LogP contribution in [0, 0.1) is 23.7 Å². The molecule has 2 aliphatic carbocycles. The molecule has 3 rings (SSSR count). The van der Waals surface area contributed by atoms with Crippen molar-refractivity contribution in [1.29, 1.82) is 0 Å². The van der Waals surface area contributed by atoms with E-state index in [0.717, 1.165) is 55.0 Å². The summed E-state index contributed by atoms with van der Waals surface area (Å²) in [7, 11) is 0. The first-order chi connectivity index (χ1) is 16.2. The number of nitrogens with zero attached hydrogens (tertiary/aromatic N) is 1. The molecule has 0 saturated heterocycles. The van der Waals surface area contributed by atoms with Gasteiger partial charge in [0.1, 0.15) is 5.75 Å². The topological polar surface area (TPSA) is 39.2 Å². The SMILES string of the molecule is CCCCCC(=O)Oc1ccc(CCC2CCC(C3CCC(CCCCC)CC3)CC2)nc1. The predicted molar refractivity (Wildman–Crippen MR) is 137 cm³/mol. The molecule has 3 nitrogen and oxygen atoms in total. The van der Waals surface area contributed by atoms with Crippen molar-refractivity contribution in [3.05, 3.63) is 24.0 Å². The molecular formula is C30H49NO2. The molecule has 186 valence electrons. The lowest BCUT2D eigenvalue weighted by Crippen LogP contribution is -2.26. The number of carbonyl (C=O) groups is 1. The second kappa shape index (κ2) is 14.8. The molecule has 0 radical (unpaired) electrons. The largest absolute Gasteiger partial charge is 0.425 e.